The SMILES string of the molecule is Cc1ccc(OC2CCN(S(=O)(=O)c3ccc(F)c(C(=O)O)c3)C2)nn1. The molecule has 26 heavy (non-hydrogen) atoms. The van der Waals surface area contributed by atoms with Crippen LogP contribution in [0.3, 0.4) is 0 Å². The molecule has 10 heteroatoms. The summed E-state index contributed by atoms with van der Waals surface area (Å²) in [6, 6.07) is 6.10. The highest BCUT2D eigenvalue weighted by Crippen LogP contribution is 2.25. The Morgan fingerprint density at radius 1 is 1.31 bits per heavy atom. The number of hydrogen-bond donors (Lipinski definition) is 1. The predicted molar refractivity (Wildman–Crippen MR) is 87.9 cm³/mol. The molecule has 0 saturated carbocycles. The Kier molecular flexibility index (Phi) is 4.88. The molecule has 1 atom stereocenters. The van der Waals surface area contributed by atoms with Crippen LogP contribution in [0.4, 0.5) is 4.39 Å². The molecule has 0 bridgehead atoms. The molecule has 8 nitrogen and oxygen atoms in total. The van der Waals surface area contributed by atoms with Gasteiger partial charge in [0.25, 0.3) is 0 Å². The summed E-state index contributed by atoms with van der Waals surface area (Å²) >= 11 is 0. The Balaban J connectivity index is 1.76. The van der Waals surface area contributed by atoms with Crippen LogP contribution in [-0.2, 0) is 10.0 Å². The number of carboxylic acids is 1. The second kappa shape index (κ2) is 6.96. The lowest BCUT2D eigenvalue weighted by molar-refractivity contribution is 0.0691. The quantitative estimate of drug-likeness (QED) is 0.835. The van der Waals surface area contributed by atoms with Gasteiger partial charge in [0.05, 0.1) is 22.7 Å². The number of hydrogen-bond acceptors (Lipinski definition) is 6. The van der Waals surface area contributed by atoms with Crippen molar-refractivity contribution in [3.8, 4) is 5.88 Å². The first kappa shape index (κ1) is 18.2. The van der Waals surface area contributed by atoms with Crippen LogP contribution in [0, 0.1) is 12.7 Å². The molecule has 1 aromatic carbocycles. The van der Waals surface area contributed by atoms with Gasteiger partial charge in [-0.15, -0.1) is 5.10 Å². The Morgan fingerprint density at radius 2 is 2.08 bits per heavy atom. The highest BCUT2D eigenvalue weighted by atomic mass is 32.2. The molecule has 0 spiro atoms. The van der Waals surface area contributed by atoms with Crippen LogP contribution in [-0.4, -0.2) is 53.2 Å². The minimum atomic E-state index is -3.96. The van der Waals surface area contributed by atoms with Crippen molar-refractivity contribution >= 4 is 16.0 Å². The summed E-state index contributed by atoms with van der Waals surface area (Å²) in [4.78, 5) is 10.7. The number of carboxylic acid groups (broad SMARTS) is 1. The summed E-state index contributed by atoms with van der Waals surface area (Å²) in [6.07, 6.45) is 0.0445. The zero-order chi connectivity index (χ0) is 18.9. The van der Waals surface area contributed by atoms with Crippen LogP contribution < -0.4 is 4.74 Å². The van der Waals surface area contributed by atoms with Gasteiger partial charge >= 0.3 is 5.97 Å². The summed E-state index contributed by atoms with van der Waals surface area (Å²) in [6.45, 7) is 2.07. The number of sulfonamides is 1. The highest BCUT2D eigenvalue weighted by molar-refractivity contribution is 7.89. The second-order valence-corrected chi connectivity index (χ2v) is 7.79. The van der Waals surface area contributed by atoms with Crippen molar-refractivity contribution in [2.24, 2.45) is 0 Å². The Morgan fingerprint density at radius 3 is 2.73 bits per heavy atom. The van der Waals surface area contributed by atoms with Crippen molar-refractivity contribution in [1.29, 1.82) is 0 Å². The number of rotatable bonds is 5. The topological polar surface area (TPSA) is 110 Å². The average molecular weight is 381 g/mol. The van der Waals surface area contributed by atoms with E-state index >= 15 is 0 Å². The molecule has 2 heterocycles. The van der Waals surface area contributed by atoms with E-state index in [1.54, 1.807) is 19.1 Å². The lowest BCUT2D eigenvalue weighted by Crippen LogP contribution is -2.31. The molecular weight excluding hydrogens is 365 g/mol. The molecule has 2 aromatic rings. The fraction of sp³-hybridized carbons (Fsp3) is 0.312. The molecule has 1 unspecified atom stereocenters. The van der Waals surface area contributed by atoms with Crippen molar-refractivity contribution in [2.75, 3.05) is 13.1 Å². The van der Waals surface area contributed by atoms with Crippen LogP contribution in [0.25, 0.3) is 0 Å². The van der Waals surface area contributed by atoms with E-state index in [1.807, 2.05) is 0 Å². The van der Waals surface area contributed by atoms with Crippen LogP contribution in [0.15, 0.2) is 35.2 Å². The van der Waals surface area contributed by atoms with E-state index in [1.165, 1.54) is 4.31 Å². The number of halogens is 1. The monoisotopic (exact) mass is 381 g/mol. The number of aromatic carboxylic acids is 1. The lowest BCUT2D eigenvalue weighted by atomic mass is 10.2. The largest absolute Gasteiger partial charge is 0.478 e. The zero-order valence-corrected chi connectivity index (χ0v) is 14.6. The fourth-order valence-electron chi connectivity index (χ4n) is 2.61. The van der Waals surface area contributed by atoms with Gasteiger partial charge in [0.15, 0.2) is 0 Å². The zero-order valence-electron chi connectivity index (χ0n) is 13.8. The van der Waals surface area contributed by atoms with Gasteiger partial charge in [-0.3, -0.25) is 0 Å². The maximum atomic E-state index is 13.5. The van der Waals surface area contributed by atoms with Gasteiger partial charge in [0.1, 0.15) is 11.9 Å². The Bertz CT molecular complexity index is 933. The summed E-state index contributed by atoms with van der Waals surface area (Å²) in [5.74, 6) is -2.22. The molecule has 0 radical (unpaired) electrons. The van der Waals surface area contributed by atoms with Gasteiger partial charge in [-0.05, 0) is 37.6 Å². The maximum absolute atomic E-state index is 13.5. The van der Waals surface area contributed by atoms with E-state index in [0.29, 0.717) is 12.3 Å². The smallest absolute Gasteiger partial charge is 0.338 e. The van der Waals surface area contributed by atoms with Gasteiger partial charge in [0, 0.05) is 12.6 Å². The summed E-state index contributed by atoms with van der Waals surface area (Å²) < 4.78 is 45.7. The van der Waals surface area contributed by atoms with Crippen molar-refractivity contribution in [3.05, 3.63) is 47.4 Å². The molecule has 3 rings (SSSR count). The number of benzene rings is 1. The third-order valence-electron chi connectivity index (χ3n) is 3.97. The fourth-order valence-corrected chi connectivity index (χ4v) is 4.12. The first-order valence-corrected chi connectivity index (χ1v) is 9.21. The molecule has 0 aliphatic carbocycles. The number of nitrogens with zero attached hydrogens (tertiary/aromatic N) is 3. The van der Waals surface area contributed by atoms with Crippen LogP contribution in [0.1, 0.15) is 22.5 Å². The summed E-state index contributed by atoms with van der Waals surface area (Å²) in [7, 11) is -3.96. The van der Waals surface area contributed by atoms with E-state index in [0.717, 1.165) is 23.9 Å². The normalized spacial score (nSPS) is 18.0. The molecule has 1 fully saturated rings. The summed E-state index contributed by atoms with van der Waals surface area (Å²) in [5.41, 5.74) is 0.0477. The molecule has 1 aliphatic heterocycles. The average Bonchev–Trinajstić information content (AvgIpc) is 3.06. The van der Waals surface area contributed by atoms with Crippen LogP contribution >= 0.6 is 0 Å². The minimum absolute atomic E-state index is 0.0810. The van der Waals surface area contributed by atoms with E-state index in [9.17, 15) is 17.6 Å². The second-order valence-electron chi connectivity index (χ2n) is 5.85. The number of carbonyl (C=O) groups is 1. The summed E-state index contributed by atoms with van der Waals surface area (Å²) in [5, 5.41) is 16.7. The molecule has 0 amide bonds. The van der Waals surface area contributed by atoms with Gasteiger partial charge < -0.3 is 9.84 Å². The van der Waals surface area contributed by atoms with E-state index < -0.39 is 33.5 Å². The molecule has 138 valence electrons. The molecule has 1 aromatic heterocycles. The van der Waals surface area contributed by atoms with Gasteiger partial charge in [0.2, 0.25) is 15.9 Å². The van der Waals surface area contributed by atoms with Crippen molar-refractivity contribution < 1.29 is 27.4 Å². The third kappa shape index (κ3) is 3.65. The Hall–Kier alpha value is -2.59. The first-order chi connectivity index (χ1) is 12.3. The van der Waals surface area contributed by atoms with E-state index in [4.69, 9.17) is 9.84 Å². The Labute approximate surface area is 149 Å². The molecule has 1 aliphatic rings. The molecule has 1 N–H and O–H groups in total. The third-order valence-corrected chi connectivity index (χ3v) is 5.84. The van der Waals surface area contributed by atoms with Crippen molar-refractivity contribution in [3.63, 3.8) is 0 Å². The molecule has 1 saturated heterocycles. The van der Waals surface area contributed by atoms with Gasteiger partial charge in [-0.2, -0.15) is 9.40 Å². The van der Waals surface area contributed by atoms with Crippen molar-refractivity contribution in [1.82, 2.24) is 14.5 Å². The van der Waals surface area contributed by atoms with E-state index in [-0.39, 0.29) is 18.0 Å². The van der Waals surface area contributed by atoms with Crippen LogP contribution in [0.5, 0.6) is 5.88 Å². The van der Waals surface area contributed by atoms with Crippen molar-refractivity contribution in [2.45, 2.75) is 24.3 Å². The number of aryl methyl sites for hydroxylation is 1. The van der Waals surface area contributed by atoms with E-state index in [2.05, 4.69) is 10.2 Å². The van der Waals surface area contributed by atoms with Crippen LogP contribution in [0.2, 0.25) is 0 Å². The first-order valence-electron chi connectivity index (χ1n) is 7.77. The molecular formula is C16H16FN3O5S. The van der Waals surface area contributed by atoms with Gasteiger partial charge in [-0.25, -0.2) is 17.6 Å². The van der Waals surface area contributed by atoms with Gasteiger partial charge in [-0.1, -0.05) is 0 Å². The maximum Gasteiger partial charge on any atom is 0.338 e. The number of aromatic nitrogens is 2. The number of ether oxygens (including phenoxy) is 1. The lowest BCUT2D eigenvalue weighted by Gasteiger charge is -2.17. The standard InChI is InChI=1S/C16H16FN3O5S/c1-10-2-5-15(19-18-10)25-11-6-7-20(9-11)26(23,24)12-3-4-14(17)13(8-12)16(21)22/h2-5,8,11H,6-7,9H2,1H3,(H,21,22). The predicted octanol–water partition coefficient (Wildman–Crippen LogP) is 1.46. The highest BCUT2D eigenvalue weighted by Gasteiger charge is 2.34. The minimum Gasteiger partial charge on any atom is -0.478 e.